The monoisotopic (exact) mass is 320 g/mol. The molecular weight excluding hydrogens is 308 g/mol. The van der Waals surface area contributed by atoms with Gasteiger partial charge >= 0.3 is 0 Å². The van der Waals surface area contributed by atoms with E-state index in [1.54, 1.807) is 12.1 Å². The maximum absolute atomic E-state index is 11.7. The highest BCUT2D eigenvalue weighted by Gasteiger charge is 2.14. The summed E-state index contributed by atoms with van der Waals surface area (Å²) in [6, 6.07) is 6.43. The average Bonchev–Trinajstić information content (AvgIpc) is 2.36. The van der Waals surface area contributed by atoms with Gasteiger partial charge in [0.15, 0.2) is 0 Å². The summed E-state index contributed by atoms with van der Waals surface area (Å²) in [5.74, 6) is -0.384. The molecular formula is C10H13BrN2O3S. The smallest absolute Gasteiger partial charge is 0.241 e. The third-order valence-corrected chi connectivity index (χ3v) is 4.15. The van der Waals surface area contributed by atoms with Crippen LogP contribution in [0.1, 0.15) is 5.56 Å². The van der Waals surface area contributed by atoms with Gasteiger partial charge in [-0.25, -0.2) is 13.1 Å². The number of halogens is 1. The van der Waals surface area contributed by atoms with Gasteiger partial charge in [0.2, 0.25) is 15.9 Å². The van der Waals surface area contributed by atoms with E-state index >= 15 is 0 Å². The molecule has 17 heavy (non-hydrogen) atoms. The van der Waals surface area contributed by atoms with Gasteiger partial charge < -0.3 is 5.32 Å². The largest absolute Gasteiger partial charge is 0.358 e. The number of benzene rings is 1. The first-order valence-electron chi connectivity index (χ1n) is 4.84. The number of alkyl halides is 1. The van der Waals surface area contributed by atoms with Gasteiger partial charge in [0.25, 0.3) is 0 Å². The molecule has 0 heterocycles. The summed E-state index contributed by atoms with van der Waals surface area (Å²) < 4.78 is 25.7. The highest BCUT2D eigenvalue weighted by molar-refractivity contribution is 9.08. The van der Waals surface area contributed by atoms with Crippen LogP contribution in [0.25, 0.3) is 0 Å². The molecule has 0 fully saturated rings. The van der Waals surface area contributed by atoms with Crippen LogP contribution in [0.2, 0.25) is 0 Å². The molecule has 0 bridgehead atoms. The molecule has 0 aliphatic heterocycles. The Bertz CT molecular complexity index is 485. The minimum absolute atomic E-state index is 0.145. The third kappa shape index (κ3) is 4.10. The predicted molar refractivity (Wildman–Crippen MR) is 68.3 cm³/mol. The summed E-state index contributed by atoms with van der Waals surface area (Å²) in [5.41, 5.74) is 0.982. The standard InChI is InChI=1S/C10H13BrN2O3S/c1-12-10(14)7-13-17(15,16)9-4-2-8(6-11)3-5-9/h2-5,13H,6-7H2,1H3,(H,12,14). The summed E-state index contributed by atoms with van der Waals surface area (Å²) >= 11 is 3.27. The van der Waals surface area contributed by atoms with Crippen LogP contribution in [0.3, 0.4) is 0 Å². The van der Waals surface area contributed by atoms with Crippen molar-refractivity contribution in [1.82, 2.24) is 10.0 Å². The Kier molecular flexibility index (Phi) is 5.10. The van der Waals surface area contributed by atoms with Gasteiger partial charge in [0, 0.05) is 12.4 Å². The van der Waals surface area contributed by atoms with Crippen LogP contribution < -0.4 is 10.0 Å². The van der Waals surface area contributed by atoms with Crippen LogP contribution in [-0.2, 0) is 20.1 Å². The van der Waals surface area contributed by atoms with Crippen LogP contribution in [-0.4, -0.2) is 27.9 Å². The molecule has 0 aliphatic carbocycles. The molecule has 0 aliphatic rings. The molecule has 1 aromatic rings. The molecule has 0 spiro atoms. The maximum Gasteiger partial charge on any atom is 0.241 e. The molecule has 0 atom stereocenters. The maximum atomic E-state index is 11.7. The molecule has 0 unspecified atom stereocenters. The quantitative estimate of drug-likeness (QED) is 0.780. The molecule has 1 amide bonds. The average molecular weight is 321 g/mol. The Hall–Kier alpha value is -0.920. The van der Waals surface area contributed by atoms with Gasteiger partial charge in [-0.2, -0.15) is 0 Å². The first-order chi connectivity index (χ1) is 7.99. The molecule has 1 aromatic carbocycles. The SMILES string of the molecule is CNC(=O)CNS(=O)(=O)c1ccc(CBr)cc1. The van der Waals surface area contributed by atoms with Crippen LogP contribution in [0.15, 0.2) is 29.2 Å². The van der Waals surface area contributed by atoms with Gasteiger partial charge in [-0.1, -0.05) is 28.1 Å². The van der Waals surface area contributed by atoms with Crippen molar-refractivity contribution in [2.75, 3.05) is 13.6 Å². The van der Waals surface area contributed by atoms with E-state index < -0.39 is 10.0 Å². The summed E-state index contributed by atoms with van der Waals surface area (Å²) in [4.78, 5) is 11.1. The summed E-state index contributed by atoms with van der Waals surface area (Å²) in [6.07, 6.45) is 0. The van der Waals surface area contributed by atoms with Gasteiger partial charge in [0.1, 0.15) is 0 Å². The molecule has 2 N–H and O–H groups in total. The Morgan fingerprint density at radius 2 is 1.88 bits per heavy atom. The minimum Gasteiger partial charge on any atom is -0.358 e. The minimum atomic E-state index is -3.62. The number of likely N-dealkylation sites (N-methyl/N-ethyl adjacent to an activating group) is 1. The van der Waals surface area contributed by atoms with E-state index in [1.807, 2.05) is 0 Å². The van der Waals surface area contributed by atoms with Crippen LogP contribution in [0.4, 0.5) is 0 Å². The highest BCUT2D eigenvalue weighted by atomic mass is 79.9. The number of carbonyl (C=O) groups excluding carboxylic acids is 1. The Balaban J connectivity index is 2.78. The van der Waals surface area contributed by atoms with Gasteiger partial charge in [-0.3, -0.25) is 4.79 Å². The molecule has 5 nitrogen and oxygen atoms in total. The second-order valence-corrected chi connectivity index (χ2v) is 5.60. The molecule has 0 saturated heterocycles. The molecule has 94 valence electrons. The molecule has 0 radical (unpaired) electrons. The first kappa shape index (κ1) is 14.1. The number of amides is 1. The van der Waals surface area contributed by atoms with Crippen molar-refractivity contribution in [3.63, 3.8) is 0 Å². The number of carbonyl (C=O) groups is 1. The lowest BCUT2D eigenvalue weighted by molar-refractivity contribution is -0.119. The molecule has 0 saturated carbocycles. The van der Waals surface area contributed by atoms with Crippen LogP contribution >= 0.6 is 15.9 Å². The Morgan fingerprint density at radius 1 is 1.29 bits per heavy atom. The third-order valence-electron chi connectivity index (χ3n) is 2.09. The first-order valence-corrected chi connectivity index (χ1v) is 7.45. The van der Waals surface area contributed by atoms with Gasteiger partial charge in [0.05, 0.1) is 11.4 Å². The predicted octanol–water partition coefficient (Wildman–Crippen LogP) is 0.606. The topological polar surface area (TPSA) is 75.3 Å². The van der Waals surface area contributed by atoms with E-state index in [0.29, 0.717) is 5.33 Å². The van der Waals surface area contributed by atoms with Gasteiger partial charge in [-0.05, 0) is 17.7 Å². The fraction of sp³-hybridized carbons (Fsp3) is 0.300. The van der Waals surface area contributed by atoms with E-state index in [4.69, 9.17) is 0 Å². The highest BCUT2D eigenvalue weighted by Crippen LogP contribution is 2.12. The van der Waals surface area contributed by atoms with Crippen molar-refractivity contribution in [2.45, 2.75) is 10.2 Å². The Morgan fingerprint density at radius 3 is 2.35 bits per heavy atom. The Labute approximate surface area is 109 Å². The molecule has 7 heteroatoms. The van der Waals surface area contributed by atoms with E-state index in [2.05, 4.69) is 26.0 Å². The number of hydrogen-bond donors (Lipinski definition) is 2. The van der Waals surface area contributed by atoms with Gasteiger partial charge in [-0.15, -0.1) is 0 Å². The number of sulfonamides is 1. The van der Waals surface area contributed by atoms with E-state index in [9.17, 15) is 13.2 Å². The van der Waals surface area contributed by atoms with E-state index in [-0.39, 0.29) is 17.3 Å². The second kappa shape index (κ2) is 6.13. The number of hydrogen-bond acceptors (Lipinski definition) is 3. The summed E-state index contributed by atoms with van der Waals surface area (Å²) in [5, 5.41) is 3.00. The van der Waals surface area contributed by atoms with E-state index in [0.717, 1.165) is 5.56 Å². The van der Waals surface area contributed by atoms with Crippen molar-refractivity contribution in [3.05, 3.63) is 29.8 Å². The van der Waals surface area contributed by atoms with Crippen molar-refractivity contribution in [2.24, 2.45) is 0 Å². The summed E-state index contributed by atoms with van der Waals surface area (Å²) in [7, 11) is -2.17. The lowest BCUT2D eigenvalue weighted by Gasteiger charge is -2.06. The number of nitrogens with one attached hydrogen (secondary N) is 2. The number of rotatable bonds is 5. The van der Waals surface area contributed by atoms with Crippen molar-refractivity contribution in [1.29, 1.82) is 0 Å². The van der Waals surface area contributed by atoms with E-state index in [1.165, 1.54) is 19.2 Å². The second-order valence-electron chi connectivity index (χ2n) is 3.28. The lowest BCUT2D eigenvalue weighted by atomic mass is 10.2. The normalized spacial score (nSPS) is 11.2. The van der Waals surface area contributed by atoms with Crippen molar-refractivity contribution >= 4 is 31.9 Å². The van der Waals surface area contributed by atoms with Crippen molar-refractivity contribution < 1.29 is 13.2 Å². The van der Waals surface area contributed by atoms with Crippen LogP contribution in [0, 0.1) is 0 Å². The zero-order valence-electron chi connectivity index (χ0n) is 9.23. The fourth-order valence-electron chi connectivity index (χ4n) is 1.09. The van der Waals surface area contributed by atoms with Crippen LogP contribution in [0.5, 0.6) is 0 Å². The molecule has 1 rings (SSSR count). The zero-order chi connectivity index (χ0) is 12.9. The summed E-state index contributed by atoms with van der Waals surface area (Å²) in [6.45, 7) is -0.265. The van der Waals surface area contributed by atoms with Crippen molar-refractivity contribution in [3.8, 4) is 0 Å². The lowest BCUT2D eigenvalue weighted by Crippen LogP contribution is -2.35. The molecule has 0 aromatic heterocycles. The fourth-order valence-corrected chi connectivity index (χ4v) is 2.45. The zero-order valence-corrected chi connectivity index (χ0v) is 11.6.